The van der Waals surface area contributed by atoms with Gasteiger partial charge in [0.25, 0.3) is 10.1 Å². The third-order valence-electron chi connectivity index (χ3n) is 2.97. The van der Waals surface area contributed by atoms with E-state index in [0.717, 1.165) is 12.8 Å². The van der Waals surface area contributed by atoms with E-state index in [-0.39, 0.29) is 6.42 Å². The molecular formula is C13H28O4S. The summed E-state index contributed by atoms with van der Waals surface area (Å²) in [6, 6.07) is 0. The van der Waals surface area contributed by atoms with E-state index in [2.05, 4.69) is 6.92 Å². The Morgan fingerprint density at radius 3 is 1.89 bits per heavy atom. The second kappa shape index (κ2) is 10.8. The van der Waals surface area contributed by atoms with E-state index in [0.29, 0.717) is 6.61 Å². The quantitative estimate of drug-likeness (QED) is 0.436. The summed E-state index contributed by atoms with van der Waals surface area (Å²) < 4.78 is 35.7. The Labute approximate surface area is 112 Å². The molecule has 110 valence electrons. The second-order valence-corrected chi connectivity index (χ2v) is 6.25. The molecule has 0 aliphatic carbocycles. The molecule has 0 saturated heterocycles. The van der Waals surface area contributed by atoms with E-state index in [4.69, 9.17) is 9.29 Å². The summed E-state index contributed by atoms with van der Waals surface area (Å²) in [4.78, 5) is 0. The van der Waals surface area contributed by atoms with Gasteiger partial charge in [0.05, 0.1) is 0 Å². The maximum absolute atomic E-state index is 10.9. The van der Waals surface area contributed by atoms with Crippen molar-refractivity contribution in [2.24, 2.45) is 0 Å². The van der Waals surface area contributed by atoms with Crippen molar-refractivity contribution in [3.05, 3.63) is 0 Å². The monoisotopic (exact) mass is 280 g/mol. The largest absolute Gasteiger partial charge is 0.360 e. The van der Waals surface area contributed by atoms with Crippen LogP contribution in [-0.2, 0) is 14.9 Å². The van der Waals surface area contributed by atoms with E-state index >= 15 is 0 Å². The van der Waals surface area contributed by atoms with E-state index in [1.54, 1.807) is 6.92 Å². The Morgan fingerprint density at radius 1 is 0.944 bits per heavy atom. The summed E-state index contributed by atoms with van der Waals surface area (Å²) in [5.41, 5.74) is -1.05. The van der Waals surface area contributed by atoms with E-state index in [1.165, 1.54) is 38.5 Å². The first kappa shape index (κ1) is 17.9. The van der Waals surface area contributed by atoms with Crippen LogP contribution in [0, 0.1) is 0 Å². The van der Waals surface area contributed by atoms with Crippen molar-refractivity contribution in [3.63, 3.8) is 0 Å². The minimum absolute atomic E-state index is 0.288. The van der Waals surface area contributed by atoms with Crippen molar-refractivity contribution < 1.29 is 17.7 Å². The van der Waals surface area contributed by atoms with Gasteiger partial charge in [-0.2, -0.15) is 8.42 Å². The molecule has 0 bridgehead atoms. The molecule has 4 nitrogen and oxygen atoms in total. The predicted octanol–water partition coefficient (Wildman–Crippen LogP) is 3.77. The van der Waals surface area contributed by atoms with Gasteiger partial charge in [-0.05, 0) is 12.8 Å². The number of rotatable bonds is 12. The first-order valence-corrected chi connectivity index (χ1v) is 8.60. The fourth-order valence-corrected chi connectivity index (χ4v) is 2.55. The highest BCUT2D eigenvalue weighted by Crippen LogP contribution is 2.10. The van der Waals surface area contributed by atoms with Crippen molar-refractivity contribution in [2.45, 2.75) is 77.1 Å². The molecule has 0 aromatic heterocycles. The highest BCUT2D eigenvalue weighted by Gasteiger charge is 2.20. The smallest absolute Gasteiger partial charge is 0.292 e. The van der Waals surface area contributed by atoms with Gasteiger partial charge < -0.3 is 4.74 Å². The second-order valence-electron chi connectivity index (χ2n) is 4.70. The molecule has 1 atom stereocenters. The Bertz CT molecular complexity index is 275. The van der Waals surface area contributed by atoms with Gasteiger partial charge in [0.15, 0.2) is 5.44 Å². The summed E-state index contributed by atoms with van der Waals surface area (Å²) in [5.74, 6) is 0. The molecule has 0 aliphatic heterocycles. The van der Waals surface area contributed by atoms with E-state index in [1.807, 2.05) is 0 Å². The first-order chi connectivity index (χ1) is 8.52. The molecule has 0 fully saturated rings. The average Bonchev–Trinajstić information content (AvgIpc) is 2.30. The van der Waals surface area contributed by atoms with Crippen LogP contribution in [0.2, 0.25) is 0 Å². The minimum Gasteiger partial charge on any atom is -0.360 e. The zero-order valence-corrected chi connectivity index (χ0v) is 12.5. The molecule has 1 unspecified atom stereocenters. The zero-order valence-electron chi connectivity index (χ0n) is 11.7. The SMILES string of the molecule is CCCCCCCCCCOC(CC)S(=O)(=O)O. The van der Waals surface area contributed by atoms with Gasteiger partial charge in [0.2, 0.25) is 0 Å². The summed E-state index contributed by atoms with van der Waals surface area (Å²) in [6.07, 6.45) is 9.82. The van der Waals surface area contributed by atoms with E-state index < -0.39 is 15.6 Å². The van der Waals surface area contributed by atoms with Crippen molar-refractivity contribution in [1.82, 2.24) is 0 Å². The normalized spacial score (nSPS) is 13.7. The molecular weight excluding hydrogens is 252 g/mol. The van der Waals surface area contributed by atoms with Crippen molar-refractivity contribution >= 4 is 10.1 Å². The first-order valence-electron chi connectivity index (χ1n) is 7.10. The van der Waals surface area contributed by atoms with E-state index in [9.17, 15) is 8.42 Å². The molecule has 0 heterocycles. The Hall–Kier alpha value is -0.130. The molecule has 0 aromatic rings. The topological polar surface area (TPSA) is 63.6 Å². The summed E-state index contributed by atoms with van der Waals surface area (Å²) in [5, 5.41) is 0. The van der Waals surface area contributed by atoms with Gasteiger partial charge in [0, 0.05) is 6.61 Å². The molecule has 5 heteroatoms. The fraction of sp³-hybridized carbons (Fsp3) is 1.00. The van der Waals surface area contributed by atoms with Crippen LogP contribution < -0.4 is 0 Å². The molecule has 0 spiro atoms. The van der Waals surface area contributed by atoms with Crippen LogP contribution in [0.1, 0.15) is 71.6 Å². The molecule has 0 rings (SSSR count). The highest BCUT2D eigenvalue weighted by molar-refractivity contribution is 7.86. The van der Waals surface area contributed by atoms with Crippen LogP contribution >= 0.6 is 0 Å². The molecule has 0 radical (unpaired) electrons. The summed E-state index contributed by atoms with van der Waals surface area (Å²) in [6.45, 7) is 4.30. The van der Waals surface area contributed by atoms with Crippen LogP contribution in [0.3, 0.4) is 0 Å². The standard InChI is InChI=1S/C13H28O4S/c1-3-5-6-7-8-9-10-11-12-17-13(4-2)18(14,15)16/h13H,3-12H2,1-2H3,(H,14,15,16). The van der Waals surface area contributed by atoms with Crippen LogP contribution in [-0.4, -0.2) is 25.0 Å². The van der Waals surface area contributed by atoms with Crippen LogP contribution in [0.25, 0.3) is 0 Å². The molecule has 0 aliphatic rings. The average molecular weight is 280 g/mol. The Kier molecular flexibility index (Phi) is 10.7. The third kappa shape index (κ3) is 9.85. The van der Waals surface area contributed by atoms with Crippen molar-refractivity contribution in [3.8, 4) is 0 Å². The lowest BCUT2D eigenvalue weighted by molar-refractivity contribution is 0.0930. The number of hydrogen-bond acceptors (Lipinski definition) is 3. The predicted molar refractivity (Wildman–Crippen MR) is 74.2 cm³/mol. The maximum Gasteiger partial charge on any atom is 0.292 e. The van der Waals surface area contributed by atoms with Crippen LogP contribution in [0.15, 0.2) is 0 Å². The molecule has 0 aromatic carbocycles. The lowest BCUT2D eigenvalue weighted by Gasteiger charge is -2.12. The number of unbranched alkanes of at least 4 members (excludes halogenated alkanes) is 7. The van der Waals surface area contributed by atoms with Crippen molar-refractivity contribution in [1.29, 1.82) is 0 Å². The lowest BCUT2D eigenvalue weighted by Crippen LogP contribution is -2.23. The number of hydrogen-bond donors (Lipinski definition) is 1. The van der Waals surface area contributed by atoms with Gasteiger partial charge >= 0.3 is 0 Å². The third-order valence-corrected chi connectivity index (χ3v) is 4.10. The molecule has 0 saturated carbocycles. The fourth-order valence-electron chi connectivity index (χ4n) is 1.87. The van der Waals surface area contributed by atoms with Gasteiger partial charge in [0.1, 0.15) is 0 Å². The highest BCUT2D eigenvalue weighted by atomic mass is 32.2. The van der Waals surface area contributed by atoms with Gasteiger partial charge in [-0.1, -0.05) is 58.8 Å². The Balaban J connectivity index is 3.39. The summed E-state index contributed by atoms with van der Waals surface area (Å²) in [7, 11) is -4.04. The van der Waals surface area contributed by atoms with Gasteiger partial charge in [-0.25, -0.2) is 0 Å². The Morgan fingerprint density at radius 2 is 1.44 bits per heavy atom. The van der Waals surface area contributed by atoms with Gasteiger partial charge in [-0.15, -0.1) is 0 Å². The van der Waals surface area contributed by atoms with Crippen LogP contribution in [0.5, 0.6) is 0 Å². The number of ether oxygens (including phenoxy) is 1. The van der Waals surface area contributed by atoms with Gasteiger partial charge in [-0.3, -0.25) is 4.55 Å². The lowest BCUT2D eigenvalue weighted by atomic mass is 10.1. The maximum atomic E-state index is 10.9. The zero-order chi connectivity index (χ0) is 13.9. The summed E-state index contributed by atoms with van der Waals surface area (Å²) >= 11 is 0. The van der Waals surface area contributed by atoms with Crippen molar-refractivity contribution in [2.75, 3.05) is 6.61 Å². The molecule has 1 N–H and O–H groups in total. The van der Waals surface area contributed by atoms with Crippen LogP contribution in [0.4, 0.5) is 0 Å². The minimum atomic E-state index is -4.04. The molecule has 18 heavy (non-hydrogen) atoms. The molecule has 0 amide bonds.